The normalized spacial score (nSPS) is 19.1. The molecule has 1 aliphatic rings. The third-order valence-electron chi connectivity index (χ3n) is 4.09. The number of aryl methyl sites for hydroxylation is 2. The summed E-state index contributed by atoms with van der Waals surface area (Å²) in [5, 5.41) is 9.15. The van der Waals surface area contributed by atoms with Gasteiger partial charge in [-0.15, -0.1) is 0 Å². The molecule has 0 radical (unpaired) electrons. The number of hydrogen-bond acceptors (Lipinski definition) is 3. The molecule has 1 saturated heterocycles. The van der Waals surface area contributed by atoms with E-state index in [0.29, 0.717) is 11.7 Å². The van der Waals surface area contributed by atoms with Crippen molar-refractivity contribution in [1.82, 2.24) is 9.55 Å². The van der Waals surface area contributed by atoms with Crippen LogP contribution >= 0.6 is 0 Å². The summed E-state index contributed by atoms with van der Waals surface area (Å²) in [5.41, 5.74) is 2.50. The van der Waals surface area contributed by atoms with Crippen molar-refractivity contribution < 1.29 is 4.74 Å². The van der Waals surface area contributed by atoms with Gasteiger partial charge in [-0.2, -0.15) is 5.26 Å². The first-order chi connectivity index (χ1) is 9.79. The fraction of sp³-hybridized carbons (Fsp3) is 0.500. The Bertz CT molecular complexity index is 648. The van der Waals surface area contributed by atoms with E-state index in [1.165, 1.54) is 12.8 Å². The Morgan fingerprint density at radius 2 is 2.35 bits per heavy atom. The SMILES string of the molecule is Cn1c(CCC2CCCCO2)nc2c(C#N)cccc21. The first-order valence-electron chi connectivity index (χ1n) is 7.25. The zero-order valence-electron chi connectivity index (χ0n) is 11.8. The minimum Gasteiger partial charge on any atom is -0.378 e. The monoisotopic (exact) mass is 269 g/mol. The second-order valence-corrected chi connectivity index (χ2v) is 5.40. The van der Waals surface area contributed by atoms with Gasteiger partial charge in [-0.1, -0.05) is 6.07 Å². The topological polar surface area (TPSA) is 50.8 Å². The van der Waals surface area contributed by atoms with Crippen LogP contribution in [0.3, 0.4) is 0 Å². The highest BCUT2D eigenvalue weighted by atomic mass is 16.5. The maximum atomic E-state index is 9.15. The van der Waals surface area contributed by atoms with Crippen LogP contribution in [-0.2, 0) is 18.2 Å². The van der Waals surface area contributed by atoms with Crippen molar-refractivity contribution in [3.63, 3.8) is 0 Å². The molecule has 2 heterocycles. The van der Waals surface area contributed by atoms with Crippen molar-refractivity contribution in [2.75, 3.05) is 6.61 Å². The van der Waals surface area contributed by atoms with Gasteiger partial charge in [0.1, 0.15) is 17.4 Å². The van der Waals surface area contributed by atoms with Gasteiger partial charge in [0.25, 0.3) is 0 Å². The van der Waals surface area contributed by atoms with Crippen LogP contribution in [0.4, 0.5) is 0 Å². The number of fused-ring (bicyclic) bond motifs is 1. The van der Waals surface area contributed by atoms with Crippen LogP contribution in [0.2, 0.25) is 0 Å². The highest BCUT2D eigenvalue weighted by Crippen LogP contribution is 2.22. The zero-order chi connectivity index (χ0) is 13.9. The summed E-state index contributed by atoms with van der Waals surface area (Å²) in [5.74, 6) is 1.04. The molecule has 2 aromatic rings. The van der Waals surface area contributed by atoms with E-state index in [2.05, 4.69) is 15.6 Å². The van der Waals surface area contributed by atoms with Crippen LogP contribution in [0.5, 0.6) is 0 Å². The Balaban J connectivity index is 1.81. The van der Waals surface area contributed by atoms with Gasteiger partial charge < -0.3 is 9.30 Å². The summed E-state index contributed by atoms with van der Waals surface area (Å²) in [4.78, 5) is 4.65. The van der Waals surface area contributed by atoms with Crippen molar-refractivity contribution in [1.29, 1.82) is 5.26 Å². The van der Waals surface area contributed by atoms with Gasteiger partial charge in [0.2, 0.25) is 0 Å². The summed E-state index contributed by atoms with van der Waals surface area (Å²) in [6.07, 6.45) is 5.91. The molecule has 1 unspecified atom stereocenters. The minimum absolute atomic E-state index is 0.374. The van der Waals surface area contributed by atoms with Crippen LogP contribution in [0.1, 0.15) is 37.1 Å². The first-order valence-corrected chi connectivity index (χ1v) is 7.25. The summed E-state index contributed by atoms with van der Waals surface area (Å²) in [6, 6.07) is 7.97. The first kappa shape index (κ1) is 13.1. The van der Waals surface area contributed by atoms with E-state index in [4.69, 9.17) is 10.00 Å². The van der Waals surface area contributed by atoms with Crippen LogP contribution < -0.4 is 0 Å². The number of ether oxygens (including phenoxy) is 1. The van der Waals surface area contributed by atoms with Crippen LogP contribution in [0, 0.1) is 11.3 Å². The number of imidazole rings is 1. The number of nitriles is 1. The van der Waals surface area contributed by atoms with E-state index in [1.807, 2.05) is 25.2 Å². The Morgan fingerprint density at radius 1 is 1.45 bits per heavy atom. The van der Waals surface area contributed by atoms with Crippen molar-refractivity contribution >= 4 is 11.0 Å². The molecule has 4 heteroatoms. The van der Waals surface area contributed by atoms with Crippen LogP contribution in [0.25, 0.3) is 11.0 Å². The summed E-state index contributed by atoms with van der Waals surface area (Å²) in [7, 11) is 2.02. The molecule has 0 aliphatic carbocycles. The molecule has 0 saturated carbocycles. The molecule has 1 aromatic carbocycles. The average Bonchev–Trinajstić information content (AvgIpc) is 2.83. The average molecular weight is 269 g/mol. The summed E-state index contributed by atoms with van der Waals surface area (Å²) < 4.78 is 7.87. The van der Waals surface area contributed by atoms with Crippen LogP contribution in [-0.4, -0.2) is 22.3 Å². The van der Waals surface area contributed by atoms with Gasteiger partial charge in [-0.25, -0.2) is 4.98 Å². The maximum absolute atomic E-state index is 9.15. The summed E-state index contributed by atoms with van der Waals surface area (Å²) in [6.45, 7) is 0.895. The second kappa shape index (κ2) is 5.64. The van der Waals surface area contributed by atoms with Gasteiger partial charge in [-0.3, -0.25) is 0 Å². The highest BCUT2D eigenvalue weighted by Gasteiger charge is 2.16. The van der Waals surface area contributed by atoms with E-state index >= 15 is 0 Å². The maximum Gasteiger partial charge on any atom is 0.109 e. The Morgan fingerprint density at radius 3 is 3.10 bits per heavy atom. The fourth-order valence-corrected chi connectivity index (χ4v) is 2.90. The van der Waals surface area contributed by atoms with Gasteiger partial charge >= 0.3 is 0 Å². The Labute approximate surface area is 119 Å². The number of rotatable bonds is 3. The predicted molar refractivity (Wildman–Crippen MR) is 77.3 cm³/mol. The van der Waals surface area contributed by atoms with Crippen LogP contribution in [0.15, 0.2) is 18.2 Å². The molecule has 3 rings (SSSR count). The van der Waals surface area contributed by atoms with E-state index < -0.39 is 0 Å². The summed E-state index contributed by atoms with van der Waals surface area (Å²) >= 11 is 0. The molecule has 1 fully saturated rings. The minimum atomic E-state index is 0.374. The van der Waals surface area contributed by atoms with Crippen molar-refractivity contribution in [3.05, 3.63) is 29.6 Å². The smallest absolute Gasteiger partial charge is 0.109 e. The number of aromatic nitrogens is 2. The molecule has 20 heavy (non-hydrogen) atoms. The third-order valence-corrected chi connectivity index (χ3v) is 4.09. The van der Waals surface area contributed by atoms with E-state index in [1.54, 1.807) is 0 Å². The molecular weight excluding hydrogens is 250 g/mol. The van der Waals surface area contributed by atoms with Gasteiger partial charge in [0.05, 0.1) is 17.2 Å². The number of para-hydroxylation sites is 1. The predicted octanol–water partition coefficient (Wildman–Crippen LogP) is 2.95. The second-order valence-electron chi connectivity index (χ2n) is 5.40. The highest BCUT2D eigenvalue weighted by molar-refractivity contribution is 5.82. The molecule has 104 valence electrons. The van der Waals surface area contributed by atoms with Crippen molar-refractivity contribution in [2.45, 2.75) is 38.2 Å². The molecular formula is C16H19N3O. The lowest BCUT2D eigenvalue weighted by Gasteiger charge is -2.22. The van der Waals surface area contributed by atoms with E-state index in [0.717, 1.165) is 42.7 Å². The Hall–Kier alpha value is -1.86. The molecule has 0 N–H and O–H groups in total. The molecule has 0 amide bonds. The third kappa shape index (κ3) is 2.41. The lowest BCUT2D eigenvalue weighted by molar-refractivity contribution is 0.0111. The van der Waals surface area contributed by atoms with Gasteiger partial charge in [-0.05, 0) is 37.8 Å². The van der Waals surface area contributed by atoms with E-state index in [9.17, 15) is 0 Å². The molecule has 1 atom stereocenters. The van der Waals surface area contributed by atoms with Crippen molar-refractivity contribution in [2.24, 2.45) is 7.05 Å². The lowest BCUT2D eigenvalue weighted by atomic mass is 10.0. The standard InChI is InChI=1S/C16H19N3O/c1-19-14-7-4-5-12(11-17)16(14)18-15(19)9-8-13-6-2-3-10-20-13/h4-5,7,13H,2-3,6,8-10H2,1H3. The quantitative estimate of drug-likeness (QED) is 0.860. The van der Waals surface area contributed by atoms with E-state index in [-0.39, 0.29) is 0 Å². The van der Waals surface area contributed by atoms with Gasteiger partial charge in [0.15, 0.2) is 0 Å². The zero-order valence-corrected chi connectivity index (χ0v) is 11.8. The van der Waals surface area contributed by atoms with Gasteiger partial charge in [0, 0.05) is 20.1 Å². The number of hydrogen-bond donors (Lipinski definition) is 0. The largest absolute Gasteiger partial charge is 0.378 e. The molecule has 0 bridgehead atoms. The molecule has 4 nitrogen and oxygen atoms in total. The number of nitrogens with zero attached hydrogens (tertiary/aromatic N) is 3. The molecule has 1 aliphatic heterocycles. The van der Waals surface area contributed by atoms with Crippen molar-refractivity contribution in [3.8, 4) is 6.07 Å². The molecule has 1 aromatic heterocycles. The number of benzene rings is 1. The Kier molecular flexibility index (Phi) is 3.70. The lowest BCUT2D eigenvalue weighted by Crippen LogP contribution is -2.20. The fourth-order valence-electron chi connectivity index (χ4n) is 2.90. The molecule has 0 spiro atoms.